The van der Waals surface area contributed by atoms with Crippen molar-refractivity contribution in [2.45, 2.75) is 38.9 Å². The number of β-amino-alcohol motifs (C(OH)–C–C–N with tert-alkyl or cyclic N) is 2. The van der Waals surface area contributed by atoms with E-state index >= 15 is 0 Å². The van der Waals surface area contributed by atoms with E-state index in [1.54, 1.807) is 34.1 Å². The number of benzene rings is 1. The fraction of sp³-hybridized carbons (Fsp3) is 0.583. The van der Waals surface area contributed by atoms with E-state index in [4.69, 9.17) is 23.2 Å². The van der Waals surface area contributed by atoms with Crippen molar-refractivity contribution in [3.8, 4) is 0 Å². The fourth-order valence-corrected chi connectivity index (χ4v) is 4.45. The SMILES string of the molecule is CC1(C)CCN(C[C@H](O)CN2CCN(C(=O)/C=C/c3ccc(Cl)c(Cl)c3)CCC2=O)CC1O. The zero-order valence-corrected chi connectivity index (χ0v) is 20.7. The third-order valence-electron chi connectivity index (χ3n) is 6.57. The molecule has 1 unspecified atom stereocenters. The van der Waals surface area contributed by atoms with Gasteiger partial charge in [0.2, 0.25) is 11.8 Å². The Morgan fingerprint density at radius 2 is 1.94 bits per heavy atom. The predicted octanol–water partition coefficient (Wildman–Crippen LogP) is 2.52. The maximum absolute atomic E-state index is 12.6. The summed E-state index contributed by atoms with van der Waals surface area (Å²) in [6, 6.07) is 5.13. The highest BCUT2D eigenvalue weighted by molar-refractivity contribution is 6.42. The third-order valence-corrected chi connectivity index (χ3v) is 7.31. The Bertz CT molecular complexity index is 892. The summed E-state index contributed by atoms with van der Waals surface area (Å²) in [4.78, 5) is 30.5. The highest BCUT2D eigenvalue weighted by Crippen LogP contribution is 2.30. The van der Waals surface area contributed by atoms with Gasteiger partial charge in [-0.05, 0) is 42.2 Å². The summed E-state index contributed by atoms with van der Waals surface area (Å²) < 4.78 is 0. The Hall–Kier alpha value is -1.64. The molecule has 2 saturated heterocycles. The normalized spacial score (nSPS) is 23.1. The van der Waals surface area contributed by atoms with E-state index in [1.165, 1.54) is 6.08 Å². The van der Waals surface area contributed by atoms with Crippen LogP contribution >= 0.6 is 23.2 Å². The number of likely N-dealkylation sites (tertiary alicyclic amines) is 1. The van der Waals surface area contributed by atoms with Gasteiger partial charge in [-0.1, -0.05) is 43.1 Å². The summed E-state index contributed by atoms with van der Waals surface area (Å²) in [6.45, 7) is 7.17. The Labute approximate surface area is 205 Å². The molecule has 1 aromatic rings. The number of rotatable bonds is 6. The lowest BCUT2D eigenvalue weighted by Gasteiger charge is -2.42. The monoisotopic (exact) mass is 497 g/mol. The Morgan fingerprint density at radius 3 is 2.64 bits per heavy atom. The molecule has 0 aliphatic carbocycles. The molecular formula is C24H33Cl2N3O4. The van der Waals surface area contributed by atoms with Crippen LogP contribution in [0.2, 0.25) is 10.0 Å². The predicted molar refractivity (Wildman–Crippen MR) is 130 cm³/mol. The summed E-state index contributed by atoms with van der Waals surface area (Å²) in [5.41, 5.74) is 0.645. The summed E-state index contributed by atoms with van der Waals surface area (Å²) in [5.74, 6) is -0.251. The van der Waals surface area contributed by atoms with Crippen LogP contribution in [0.3, 0.4) is 0 Å². The van der Waals surface area contributed by atoms with Gasteiger partial charge >= 0.3 is 0 Å². The molecule has 7 nitrogen and oxygen atoms in total. The zero-order chi connectivity index (χ0) is 24.2. The van der Waals surface area contributed by atoms with E-state index in [-0.39, 0.29) is 30.2 Å². The van der Waals surface area contributed by atoms with E-state index in [0.29, 0.717) is 42.8 Å². The molecule has 3 rings (SSSR count). The maximum Gasteiger partial charge on any atom is 0.246 e. The molecule has 2 amide bonds. The molecule has 2 atom stereocenters. The lowest BCUT2D eigenvalue weighted by Crippen LogP contribution is -2.51. The van der Waals surface area contributed by atoms with Gasteiger partial charge in [-0.3, -0.25) is 14.5 Å². The first-order valence-corrected chi connectivity index (χ1v) is 12.1. The van der Waals surface area contributed by atoms with Crippen molar-refractivity contribution in [3.63, 3.8) is 0 Å². The molecule has 1 aromatic carbocycles. The molecule has 182 valence electrons. The molecule has 0 bridgehead atoms. The Morgan fingerprint density at radius 1 is 1.18 bits per heavy atom. The summed E-state index contributed by atoms with van der Waals surface area (Å²) in [5, 5.41) is 21.8. The van der Waals surface area contributed by atoms with E-state index in [1.807, 2.05) is 18.7 Å². The topological polar surface area (TPSA) is 84.3 Å². The maximum atomic E-state index is 12.6. The number of amides is 2. The smallest absolute Gasteiger partial charge is 0.246 e. The molecule has 2 aliphatic rings. The van der Waals surface area contributed by atoms with Gasteiger partial charge in [-0.2, -0.15) is 0 Å². The van der Waals surface area contributed by atoms with Crippen LogP contribution in [0, 0.1) is 5.41 Å². The van der Waals surface area contributed by atoms with Gasteiger partial charge in [0.05, 0.1) is 22.3 Å². The minimum Gasteiger partial charge on any atom is -0.391 e. The summed E-state index contributed by atoms with van der Waals surface area (Å²) in [6.07, 6.45) is 3.07. The molecular weight excluding hydrogens is 465 g/mol. The first-order valence-electron chi connectivity index (χ1n) is 11.3. The number of hydrogen-bond acceptors (Lipinski definition) is 5. The van der Waals surface area contributed by atoms with Crippen LogP contribution in [0.15, 0.2) is 24.3 Å². The van der Waals surface area contributed by atoms with Crippen molar-refractivity contribution in [1.29, 1.82) is 0 Å². The first kappa shape index (κ1) is 26.0. The average molecular weight is 498 g/mol. The molecule has 9 heteroatoms. The molecule has 0 aromatic heterocycles. The van der Waals surface area contributed by atoms with Gasteiger partial charge in [0.15, 0.2) is 0 Å². The summed E-state index contributed by atoms with van der Waals surface area (Å²) in [7, 11) is 0. The average Bonchev–Trinajstić information content (AvgIpc) is 2.93. The number of nitrogens with zero attached hydrogens (tertiary/aromatic N) is 3. The van der Waals surface area contributed by atoms with E-state index in [9.17, 15) is 19.8 Å². The largest absolute Gasteiger partial charge is 0.391 e. The van der Waals surface area contributed by atoms with Crippen LogP contribution in [0.25, 0.3) is 6.08 Å². The van der Waals surface area contributed by atoms with Crippen molar-refractivity contribution < 1.29 is 19.8 Å². The first-order chi connectivity index (χ1) is 15.5. The Kier molecular flexibility index (Phi) is 8.81. The molecule has 2 N–H and O–H groups in total. The lowest BCUT2D eigenvalue weighted by molar-refractivity contribution is -0.132. The van der Waals surface area contributed by atoms with E-state index in [0.717, 1.165) is 18.5 Å². The molecule has 0 radical (unpaired) electrons. The molecule has 2 heterocycles. The number of halogens is 2. The van der Waals surface area contributed by atoms with Crippen molar-refractivity contribution in [2.75, 3.05) is 45.8 Å². The number of piperidine rings is 1. The lowest BCUT2D eigenvalue weighted by atomic mass is 9.80. The number of aliphatic hydroxyl groups excluding tert-OH is 2. The van der Waals surface area contributed by atoms with Gasteiger partial charge in [0, 0.05) is 51.8 Å². The minimum absolute atomic E-state index is 0.0716. The molecule has 0 spiro atoms. The second-order valence-electron chi connectivity index (χ2n) is 9.59. The van der Waals surface area contributed by atoms with Crippen molar-refractivity contribution in [1.82, 2.24) is 14.7 Å². The fourth-order valence-electron chi connectivity index (χ4n) is 4.14. The van der Waals surface area contributed by atoms with E-state index in [2.05, 4.69) is 0 Å². The van der Waals surface area contributed by atoms with Crippen molar-refractivity contribution in [2.24, 2.45) is 5.41 Å². The summed E-state index contributed by atoms with van der Waals surface area (Å²) >= 11 is 11.9. The number of carbonyl (C=O) groups excluding carboxylic acids is 2. The zero-order valence-electron chi connectivity index (χ0n) is 19.2. The van der Waals surface area contributed by atoms with Gasteiger partial charge in [-0.15, -0.1) is 0 Å². The highest BCUT2D eigenvalue weighted by Gasteiger charge is 2.35. The minimum atomic E-state index is -0.709. The standard InChI is InChI=1S/C24H33Cl2N3O4/c1-24(2)8-10-27(16-21(24)31)14-18(30)15-29-12-11-28(9-7-23(29)33)22(32)6-4-17-3-5-19(25)20(26)13-17/h3-6,13,18,21,30-31H,7-12,14-16H2,1-2H3/b6-4+/t18-,21?/m0/s1. The molecule has 2 aliphatic heterocycles. The van der Waals surface area contributed by atoms with Crippen LogP contribution in [0.4, 0.5) is 0 Å². The Balaban J connectivity index is 1.50. The van der Waals surface area contributed by atoms with Crippen molar-refractivity contribution in [3.05, 3.63) is 39.9 Å². The van der Waals surface area contributed by atoms with Gasteiger partial charge in [0.25, 0.3) is 0 Å². The van der Waals surface area contributed by atoms with Crippen LogP contribution in [0.5, 0.6) is 0 Å². The van der Waals surface area contributed by atoms with Crippen LogP contribution in [0.1, 0.15) is 32.3 Å². The molecule has 0 saturated carbocycles. The van der Waals surface area contributed by atoms with Crippen molar-refractivity contribution >= 4 is 41.1 Å². The van der Waals surface area contributed by atoms with Crippen LogP contribution < -0.4 is 0 Å². The van der Waals surface area contributed by atoms with Gasteiger partial charge < -0.3 is 20.0 Å². The highest BCUT2D eigenvalue weighted by atomic mass is 35.5. The number of carbonyl (C=O) groups is 2. The van der Waals surface area contributed by atoms with Crippen LogP contribution in [-0.4, -0.2) is 94.7 Å². The van der Waals surface area contributed by atoms with Crippen LogP contribution in [-0.2, 0) is 9.59 Å². The second kappa shape index (κ2) is 11.2. The third kappa shape index (κ3) is 7.17. The molecule has 2 fully saturated rings. The number of aliphatic hydroxyl groups is 2. The number of hydrogen-bond donors (Lipinski definition) is 2. The molecule has 33 heavy (non-hydrogen) atoms. The van der Waals surface area contributed by atoms with Gasteiger partial charge in [0.1, 0.15) is 0 Å². The quantitative estimate of drug-likeness (QED) is 0.589. The second-order valence-corrected chi connectivity index (χ2v) is 10.4. The van der Waals surface area contributed by atoms with Gasteiger partial charge in [-0.25, -0.2) is 0 Å². The van der Waals surface area contributed by atoms with E-state index < -0.39 is 12.2 Å².